The van der Waals surface area contributed by atoms with E-state index in [9.17, 15) is 0 Å². The summed E-state index contributed by atoms with van der Waals surface area (Å²) in [6, 6.07) is 12.5. The van der Waals surface area contributed by atoms with Crippen molar-refractivity contribution in [3.05, 3.63) is 54.0 Å². The molecule has 0 unspecified atom stereocenters. The van der Waals surface area contributed by atoms with E-state index in [1.165, 1.54) is 10.5 Å². The molecule has 1 aromatic carbocycles. The zero-order valence-electron chi connectivity index (χ0n) is 11.6. The second kappa shape index (κ2) is 7.41. The molecule has 2 rings (SSSR count). The quantitative estimate of drug-likeness (QED) is 0.762. The number of benzene rings is 1. The summed E-state index contributed by atoms with van der Waals surface area (Å²) in [7, 11) is 0. The van der Waals surface area contributed by atoms with Crippen LogP contribution in [0.2, 0.25) is 0 Å². The number of rotatable bonds is 7. The van der Waals surface area contributed by atoms with E-state index in [1.54, 1.807) is 6.26 Å². The Balaban J connectivity index is 1.92. The van der Waals surface area contributed by atoms with Gasteiger partial charge in [0.25, 0.3) is 0 Å². The van der Waals surface area contributed by atoms with Crippen molar-refractivity contribution in [2.24, 2.45) is 5.92 Å². The van der Waals surface area contributed by atoms with Crippen molar-refractivity contribution < 1.29 is 4.42 Å². The van der Waals surface area contributed by atoms with Crippen LogP contribution in [0.5, 0.6) is 0 Å². The van der Waals surface area contributed by atoms with Gasteiger partial charge in [-0.1, -0.05) is 32.0 Å². The first-order valence-electron chi connectivity index (χ1n) is 6.69. The van der Waals surface area contributed by atoms with Crippen molar-refractivity contribution in [3.8, 4) is 0 Å². The first kappa shape index (κ1) is 14.2. The Morgan fingerprint density at radius 2 is 2.00 bits per heavy atom. The molecule has 0 fully saturated rings. The van der Waals surface area contributed by atoms with Crippen molar-refractivity contribution in [1.29, 1.82) is 0 Å². The molecule has 1 N–H and O–H groups in total. The highest BCUT2D eigenvalue weighted by molar-refractivity contribution is 7.98. The van der Waals surface area contributed by atoms with Crippen LogP contribution in [-0.4, -0.2) is 6.54 Å². The largest absolute Gasteiger partial charge is 0.468 e. The summed E-state index contributed by atoms with van der Waals surface area (Å²) < 4.78 is 5.37. The van der Waals surface area contributed by atoms with E-state index in [1.807, 2.05) is 23.9 Å². The van der Waals surface area contributed by atoms with Crippen LogP contribution in [-0.2, 0) is 12.3 Å². The molecule has 0 aliphatic rings. The van der Waals surface area contributed by atoms with Crippen LogP contribution in [0, 0.1) is 5.92 Å². The van der Waals surface area contributed by atoms with Gasteiger partial charge in [0.05, 0.1) is 12.0 Å². The van der Waals surface area contributed by atoms with Crippen LogP contribution >= 0.6 is 11.8 Å². The highest BCUT2D eigenvalue weighted by Crippen LogP contribution is 2.26. The fraction of sp³-hybridized carbons (Fsp3) is 0.375. The summed E-state index contributed by atoms with van der Waals surface area (Å²) in [6.45, 7) is 6.44. The molecule has 0 bridgehead atoms. The SMILES string of the molecule is CC(C)CNCc1ccccc1SCc1ccco1. The minimum absolute atomic E-state index is 0.683. The van der Waals surface area contributed by atoms with Gasteiger partial charge in [-0.2, -0.15) is 0 Å². The van der Waals surface area contributed by atoms with Gasteiger partial charge in [0, 0.05) is 11.4 Å². The third kappa shape index (κ3) is 4.77. The molecular weight excluding hydrogens is 254 g/mol. The second-order valence-electron chi connectivity index (χ2n) is 5.00. The molecule has 2 nitrogen and oxygen atoms in total. The molecule has 0 saturated carbocycles. The van der Waals surface area contributed by atoms with Gasteiger partial charge in [-0.25, -0.2) is 0 Å². The van der Waals surface area contributed by atoms with E-state index in [2.05, 4.69) is 43.4 Å². The maximum Gasteiger partial charge on any atom is 0.113 e. The lowest BCUT2D eigenvalue weighted by Crippen LogP contribution is -2.19. The number of thioether (sulfide) groups is 1. The summed E-state index contributed by atoms with van der Waals surface area (Å²) in [4.78, 5) is 1.33. The van der Waals surface area contributed by atoms with E-state index >= 15 is 0 Å². The van der Waals surface area contributed by atoms with Gasteiger partial charge in [-0.3, -0.25) is 0 Å². The van der Waals surface area contributed by atoms with Gasteiger partial charge in [0.2, 0.25) is 0 Å². The number of hydrogen-bond donors (Lipinski definition) is 1. The number of nitrogens with one attached hydrogen (secondary N) is 1. The van der Waals surface area contributed by atoms with E-state index in [0.29, 0.717) is 5.92 Å². The molecule has 3 heteroatoms. The number of furan rings is 1. The first-order valence-corrected chi connectivity index (χ1v) is 7.68. The molecule has 0 radical (unpaired) electrons. The van der Waals surface area contributed by atoms with E-state index in [-0.39, 0.29) is 0 Å². The minimum Gasteiger partial charge on any atom is -0.468 e. The Kier molecular flexibility index (Phi) is 5.55. The zero-order chi connectivity index (χ0) is 13.5. The third-order valence-electron chi connectivity index (χ3n) is 2.79. The Labute approximate surface area is 119 Å². The van der Waals surface area contributed by atoms with Gasteiger partial charge in [-0.05, 0) is 36.2 Å². The highest BCUT2D eigenvalue weighted by atomic mass is 32.2. The van der Waals surface area contributed by atoms with Crippen molar-refractivity contribution >= 4 is 11.8 Å². The monoisotopic (exact) mass is 275 g/mol. The van der Waals surface area contributed by atoms with Gasteiger partial charge < -0.3 is 9.73 Å². The van der Waals surface area contributed by atoms with E-state index < -0.39 is 0 Å². The van der Waals surface area contributed by atoms with Crippen molar-refractivity contribution in [3.63, 3.8) is 0 Å². The summed E-state index contributed by atoms with van der Waals surface area (Å²) >= 11 is 1.83. The molecule has 0 aliphatic carbocycles. The van der Waals surface area contributed by atoms with E-state index in [0.717, 1.165) is 24.6 Å². The Hall–Kier alpha value is -1.19. The smallest absolute Gasteiger partial charge is 0.113 e. The lowest BCUT2D eigenvalue weighted by Gasteiger charge is -2.11. The molecule has 2 aromatic rings. The normalized spacial score (nSPS) is 11.1. The molecule has 1 heterocycles. The van der Waals surface area contributed by atoms with Crippen molar-refractivity contribution in [1.82, 2.24) is 5.32 Å². The fourth-order valence-electron chi connectivity index (χ4n) is 1.83. The molecule has 0 atom stereocenters. The second-order valence-corrected chi connectivity index (χ2v) is 6.02. The first-order chi connectivity index (χ1) is 9.25. The third-order valence-corrected chi connectivity index (χ3v) is 3.93. The maximum absolute atomic E-state index is 5.37. The lowest BCUT2D eigenvalue weighted by atomic mass is 10.2. The Morgan fingerprint density at radius 3 is 2.74 bits per heavy atom. The number of hydrogen-bond acceptors (Lipinski definition) is 3. The maximum atomic E-state index is 5.37. The molecule has 0 saturated heterocycles. The van der Waals surface area contributed by atoms with Gasteiger partial charge in [0.1, 0.15) is 5.76 Å². The fourth-order valence-corrected chi connectivity index (χ4v) is 2.79. The van der Waals surface area contributed by atoms with Crippen LogP contribution in [0.3, 0.4) is 0 Å². The van der Waals surface area contributed by atoms with Crippen LogP contribution < -0.4 is 5.32 Å². The topological polar surface area (TPSA) is 25.2 Å². The van der Waals surface area contributed by atoms with Crippen LogP contribution in [0.25, 0.3) is 0 Å². The predicted molar refractivity (Wildman–Crippen MR) is 81.3 cm³/mol. The summed E-state index contributed by atoms with van der Waals surface area (Å²) in [6.07, 6.45) is 1.73. The van der Waals surface area contributed by atoms with Crippen LogP contribution in [0.15, 0.2) is 52.0 Å². The molecule has 102 valence electrons. The molecule has 0 aliphatic heterocycles. The average Bonchev–Trinajstić information content (AvgIpc) is 2.90. The molecule has 0 amide bonds. The summed E-state index contributed by atoms with van der Waals surface area (Å²) in [5.74, 6) is 2.59. The highest BCUT2D eigenvalue weighted by Gasteiger charge is 2.04. The Morgan fingerprint density at radius 1 is 1.16 bits per heavy atom. The average molecular weight is 275 g/mol. The summed E-state index contributed by atoms with van der Waals surface area (Å²) in [5.41, 5.74) is 1.36. The van der Waals surface area contributed by atoms with Crippen molar-refractivity contribution in [2.45, 2.75) is 31.0 Å². The van der Waals surface area contributed by atoms with E-state index in [4.69, 9.17) is 4.42 Å². The summed E-state index contributed by atoms with van der Waals surface area (Å²) in [5, 5.41) is 3.50. The molecule has 1 aromatic heterocycles. The Bertz CT molecular complexity index is 479. The van der Waals surface area contributed by atoms with Gasteiger partial charge in [-0.15, -0.1) is 11.8 Å². The van der Waals surface area contributed by atoms with Crippen molar-refractivity contribution in [2.75, 3.05) is 6.54 Å². The zero-order valence-corrected chi connectivity index (χ0v) is 12.4. The molecular formula is C16H21NOS. The minimum atomic E-state index is 0.683. The molecule has 0 spiro atoms. The van der Waals surface area contributed by atoms with Crippen LogP contribution in [0.4, 0.5) is 0 Å². The van der Waals surface area contributed by atoms with Crippen LogP contribution in [0.1, 0.15) is 25.2 Å². The van der Waals surface area contributed by atoms with Gasteiger partial charge >= 0.3 is 0 Å². The predicted octanol–water partition coefficient (Wildman–Crippen LogP) is 4.32. The molecule has 19 heavy (non-hydrogen) atoms. The van der Waals surface area contributed by atoms with Gasteiger partial charge in [0.15, 0.2) is 0 Å². The lowest BCUT2D eigenvalue weighted by molar-refractivity contribution is 0.530. The standard InChI is InChI=1S/C16H21NOS/c1-13(2)10-17-11-14-6-3-4-8-16(14)19-12-15-7-5-9-18-15/h3-9,13,17H,10-12H2,1-2H3.